The van der Waals surface area contributed by atoms with Crippen molar-refractivity contribution in [2.24, 2.45) is 0 Å². The van der Waals surface area contributed by atoms with Crippen LogP contribution in [0.1, 0.15) is 12.1 Å². The number of anilines is 1. The summed E-state index contributed by atoms with van der Waals surface area (Å²) < 4.78 is 0. The van der Waals surface area contributed by atoms with Gasteiger partial charge in [-0.1, -0.05) is 0 Å². The second-order valence-corrected chi connectivity index (χ2v) is 3.60. The highest BCUT2D eigenvalue weighted by atomic mass is 16.1. The lowest BCUT2D eigenvalue weighted by Gasteiger charge is -2.21. The molecule has 1 saturated heterocycles. The first-order valence-electron chi connectivity index (χ1n) is 5.17. The molecule has 0 bridgehead atoms. The lowest BCUT2D eigenvalue weighted by atomic mass is 10.3. The van der Waals surface area contributed by atoms with Crippen LogP contribution in [0.3, 0.4) is 0 Å². The van der Waals surface area contributed by atoms with E-state index in [9.17, 15) is 4.79 Å². The molecule has 82 valence electrons. The molecule has 2 rings (SSSR count). The average molecular weight is 216 g/mol. The zero-order chi connectivity index (χ0) is 11.4. The number of rotatable bonds is 1. The lowest BCUT2D eigenvalue weighted by molar-refractivity contribution is -0.120. The van der Waals surface area contributed by atoms with E-state index < -0.39 is 0 Å². The Labute approximate surface area is 93.7 Å². The number of amides is 1. The maximum atomic E-state index is 11.2. The van der Waals surface area contributed by atoms with Crippen molar-refractivity contribution in [3.63, 3.8) is 0 Å². The van der Waals surface area contributed by atoms with Crippen LogP contribution in [0, 0.1) is 11.3 Å². The number of nitriles is 1. The van der Waals surface area contributed by atoms with Gasteiger partial charge in [0.15, 0.2) is 0 Å². The van der Waals surface area contributed by atoms with Gasteiger partial charge in [-0.2, -0.15) is 5.26 Å². The number of carbonyl (C=O) groups excluding carboxylic acids is 1. The smallest absolute Gasteiger partial charge is 0.221 e. The van der Waals surface area contributed by atoms with Crippen LogP contribution in [-0.2, 0) is 4.79 Å². The number of pyridine rings is 1. The van der Waals surface area contributed by atoms with E-state index >= 15 is 0 Å². The maximum absolute atomic E-state index is 11.2. The third-order valence-electron chi connectivity index (χ3n) is 2.54. The molecule has 1 amide bonds. The third-order valence-corrected chi connectivity index (χ3v) is 2.54. The van der Waals surface area contributed by atoms with E-state index in [0.717, 1.165) is 12.2 Å². The third kappa shape index (κ3) is 2.28. The maximum Gasteiger partial charge on any atom is 0.221 e. The normalized spacial score (nSPS) is 16.2. The monoisotopic (exact) mass is 216 g/mol. The van der Waals surface area contributed by atoms with Crippen LogP contribution < -0.4 is 10.2 Å². The SMILES string of the molecule is N#Cc1cc(N2CCNC(=O)CC2)ccn1. The fraction of sp³-hybridized carbons (Fsp3) is 0.364. The van der Waals surface area contributed by atoms with E-state index in [1.807, 2.05) is 12.1 Å². The molecule has 2 heterocycles. The van der Waals surface area contributed by atoms with Crippen LogP contribution in [0.2, 0.25) is 0 Å². The standard InChI is InChI=1S/C11H12N4O/c12-8-9-7-10(1-3-13-9)15-5-2-11(16)14-4-6-15/h1,3,7H,2,4-6H2,(H,14,16). The summed E-state index contributed by atoms with van der Waals surface area (Å²) in [7, 11) is 0. The van der Waals surface area contributed by atoms with Crippen molar-refractivity contribution in [3.05, 3.63) is 24.0 Å². The van der Waals surface area contributed by atoms with E-state index in [-0.39, 0.29) is 5.91 Å². The number of carbonyl (C=O) groups is 1. The summed E-state index contributed by atoms with van der Waals surface area (Å²) in [5.41, 5.74) is 1.35. The molecule has 5 nitrogen and oxygen atoms in total. The molecule has 5 heteroatoms. The minimum absolute atomic E-state index is 0.0806. The lowest BCUT2D eigenvalue weighted by Crippen LogP contribution is -2.28. The van der Waals surface area contributed by atoms with Gasteiger partial charge in [-0.05, 0) is 12.1 Å². The molecule has 1 N–H and O–H groups in total. The first kappa shape index (κ1) is 10.4. The van der Waals surface area contributed by atoms with Crippen molar-refractivity contribution in [1.29, 1.82) is 5.26 Å². The predicted octanol–water partition coefficient (Wildman–Crippen LogP) is 0.280. The van der Waals surface area contributed by atoms with E-state index in [1.54, 1.807) is 12.3 Å². The predicted molar refractivity (Wildman–Crippen MR) is 58.8 cm³/mol. The zero-order valence-electron chi connectivity index (χ0n) is 8.81. The van der Waals surface area contributed by atoms with Gasteiger partial charge in [0.2, 0.25) is 5.91 Å². The molecule has 1 aromatic heterocycles. The summed E-state index contributed by atoms with van der Waals surface area (Å²) in [6.45, 7) is 2.09. The highest BCUT2D eigenvalue weighted by Gasteiger charge is 2.13. The van der Waals surface area contributed by atoms with Crippen LogP contribution >= 0.6 is 0 Å². The summed E-state index contributed by atoms with van der Waals surface area (Å²) in [5.74, 6) is 0.0806. The van der Waals surface area contributed by atoms with Gasteiger partial charge >= 0.3 is 0 Å². The number of hydrogen-bond donors (Lipinski definition) is 1. The van der Waals surface area contributed by atoms with Gasteiger partial charge in [0.25, 0.3) is 0 Å². The molecule has 16 heavy (non-hydrogen) atoms. The van der Waals surface area contributed by atoms with Gasteiger partial charge in [0, 0.05) is 37.9 Å². The number of aromatic nitrogens is 1. The summed E-state index contributed by atoms with van der Waals surface area (Å²) in [6.07, 6.45) is 2.11. The van der Waals surface area contributed by atoms with Gasteiger partial charge in [-0.25, -0.2) is 4.98 Å². The molecule has 1 fully saturated rings. The molecule has 0 radical (unpaired) electrons. The average Bonchev–Trinajstić information content (AvgIpc) is 2.54. The Morgan fingerprint density at radius 2 is 2.38 bits per heavy atom. The van der Waals surface area contributed by atoms with Crippen LogP contribution in [-0.4, -0.2) is 30.5 Å². The van der Waals surface area contributed by atoms with Gasteiger partial charge in [-0.15, -0.1) is 0 Å². The molecular weight excluding hydrogens is 204 g/mol. The first-order chi connectivity index (χ1) is 7.79. The molecule has 0 aromatic carbocycles. The summed E-state index contributed by atoms with van der Waals surface area (Å²) in [5, 5.41) is 11.6. The number of nitrogens with zero attached hydrogens (tertiary/aromatic N) is 3. The van der Waals surface area contributed by atoms with Crippen LogP contribution in [0.4, 0.5) is 5.69 Å². The topological polar surface area (TPSA) is 69.0 Å². The van der Waals surface area contributed by atoms with E-state index in [2.05, 4.69) is 15.2 Å². The molecule has 0 aliphatic carbocycles. The fourth-order valence-corrected chi connectivity index (χ4v) is 1.70. The van der Waals surface area contributed by atoms with E-state index in [1.165, 1.54) is 0 Å². The van der Waals surface area contributed by atoms with E-state index in [0.29, 0.717) is 25.2 Å². The quantitative estimate of drug-likeness (QED) is 0.732. The highest BCUT2D eigenvalue weighted by Crippen LogP contribution is 2.15. The van der Waals surface area contributed by atoms with Gasteiger partial charge in [0.1, 0.15) is 11.8 Å². The van der Waals surface area contributed by atoms with Crippen molar-refractivity contribution in [2.45, 2.75) is 6.42 Å². The first-order valence-corrected chi connectivity index (χ1v) is 5.17. The minimum atomic E-state index is 0.0806. The van der Waals surface area contributed by atoms with Crippen molar-refractivity contribution in [2.75, 3.05) is 24.5 Å². The van der Waals surface area contributed by atoms with Gasteiger partial charge in [-0.3, -0.25) is 4.79 Å². The molecular formula is C11H12N4O. The number of nitrogens with one attached hydrogen (secondary N) is 1. The van der Waals surface area contributed by atoms with Crippen molar-refractivity contribution in [3.8, 4) is 6.07 Å². The Hall–Kier alpha value is -2.09. The Bertz CT molecular complexity index is 438. The summed E-state index contributed by atoms with van der Waals surface area (Å²) in [6, 6.07) is 5.61. The minimum Gasteiger partial charge on any atom is -0.369 e. The van der Waals surface area contributed by atoms with Gasteiger partial charge in [0.05, 0.1) is 0 Å². The molecule has 1 aliphatic rings. The van der Waals surface area contributed by atoms with E-state index in [4.69, 9.17) is 5.26 Å². The van der Waals surface area contributed by atoms with Gasteiger partial charge < -0.3 is 10.2 Å². The summed E-state index contributed by atoms with van der Waals surface area (Å²) in [4.78, 5) is 17.2. The highest BCUT2D eigenvalue weighted by molar-refractivity contribution is 5.77. The van der Waals surface area contributed by atoms with Crippen molar-refractivity contribution in [1.82, 2.24) is 10.3 Å². The molecule has 0 unspecified atom stereocenters. The second-order valence-electron chi connectivity index (χ2n) is 3.60. The Kier molecular flexibility index (Phi) is 3.01. The number of hydrogen-bond acceptors (Lipinski definition) is 4. The Morgan fingerprint density at radius 3 is 3.19 bits per heavy atom. The largest absolute Gasteiger partial charge is 0.369 e. The fourth-order valence-electron chi connectivity index (χ4n) is 1.70. The second kappa shape index (κ2) is 4.62. The summed E-state index contributed by atoms with van der Waals surface area (Å²) >= 11 is 0. The molecule has 0 spiro atoms. The molecule has 0 saturated carbocycles. The van der Waals surface area contributed by atoms with Crippen molar-refractivity contribution >= 4 is 11.6 Å². The Morgan fingerprint density at radius 1 is 1.50 bits per heavy atom. The van der Waals surface area contributed by atoms with Crippen LogP contribution in [0.25, 0.3) is 0 Å². The molecule has 0 atom stereocenters. The van der Waals surface area contributed by atoms with Crippen molar-refractivity contribution < 1.29 is 4.79 Å². The molecule has 1 aliphatic heterocycles. The Balaban J connectivity index is 2.16. The molecule has 1 aromatic rings. The zero-order valence-corrected chi connectivity index (χ0v) is 8.81. The van der Waals surface area contributed by atoms with Crippen LogP contribution in [0.15, 0.2) is 18.3 Å². The van der Waals surface area contributed by atoms with Crippen LogP contribution in [0.5, 0.6) is 0 Å².